The SMILES string of the molecule is C/C(=N/NC(=O)CN(c1ccc(C)cc1)S(=O)(=O)c1ccccc1)c1ccc(C)cc1. The number of carbonyl (C=O) groups excluding carboxylic acids is 1. The molecule has 3 rings (SSSR count). The van der Waals surface area contributed by atoms with Crippen molar-refractivity contribution in [1.82, 2.24) is 5.43 Å². The van der Waals surface area contributed by atoms with Gasteiger partial charge in [-0.1, -0.05) is 65.7 Å². The van der Waals surface area contributed by atoms with Crippen molar-refractivity contribution in [3.63, 3.8) is 0 Å². The highest BCUT2D eigenvalue weighted by Gasteiger charge is 2.27. The van der Waals surface area contributed by atoms with Crippen LogP contribution in [0.4, 0.5) is 5.69 Å². The van der Waals surface area contributed by atoms with Crippen LogP contribution < -0.4 is 9.73 Å². The van der Waals surface area contributed by atoms with Gasteiger partial charge in [-0.15, -0.1) is 0 Å². The Hall–Kier alpha value is -3.45. The van der Waals surface area contributed by atoms with Crippen LogP contribution in [0.2, 0.25) is 0 Å². The van der Waals surface area contributed by atoms with Crippen LogP contribution >= 0.6 is 0 Å². The molecule has 0 aliphatic rings. The fraction of sp³-hybridized carbons (Fsp3) is 0.167. The number of rotatable bonds is 7. The molecule has 160 valence electrons. The van der Waals surface area contributed by atoms with Crippen LogP contribution in [0.5, 0.6) is 0 Å². The van der Waals surface area contributed by atoms with Gasteiger partial charge in [-0.05, 0) is 50.6 Å². The normalized spacial score (nSPS) is 11.8. The van der Waals surface area contributed by atoms with Gasteiger partial charge in [-0.25, -0.2) is 13.8 Å². The molecule has 7 heteroatoms. The molecule has 3 aromatic rings. The van der Waals surface area contributed by atoms with Gasteiger partial charge in [-0.3, -0.25) is 9.10 Å². The van der Waals surface area contributed by atoms with E-state index in [0.717, 1.165) is 21.0 Å². The van der Waals surface area contributed by atoms with E-state index in [1.807, 2.05) is 38.1 Å². The van der Waals surface area contributed by atoms with Crippen molar-refractivity contribution in [2.75, 3.05) is 10.8 Å². The van der Waals surface area contributed by atoms with E-state index >= 15 is 0 Å². The predicted octanol–water partition coefficient (Wildman–Crippen LogP) is 4.04. The van der Waals surface area contributed by atoms with Crippen LogP contribution in [0.1, 0.15) is 23.6 Å². The van der Waals surface area contributed by atoms with Crippen LogP contribution in [0.25, 0.3) is 0 Å². The molecule has 1 amide bonds. The first-order valence-corrected chi connectivity index (χ1v) is 11.3. The van der Waals surface area contributed by atoms with Crippen LogP contribution in [0.15, 0.2) is 88.9 Å². The summed E-state index contributed by atoms with van der Waals surface area (Å²) >= 11 is 0. The standard InChI is InChI=1S/C24H25N3O3S/c1-18-9-13-21(14-10-18)20(3)25-26-24(28)17-27(22-15-11-19(2)12-16-22)31(29,30)23-7-5-4-6-8-23/h4-16H,17H2,1-3H3,(H,26,28)/b25-20-. The molecule has 0 aliphatic heterocycles. The number of anilines is 1. The van der Waals surface area contributed by atoms with E-state index in [-0.39, 0.29) is 4.90 Å². The monoisotopic (exact) mass is 435 g/mol. The van der Waals surface area contributed by atoms with Crippen LogP contribution in [0, 0.1) is 13.8 Å². The van der Waals surface area contributed by atoms with Crippen molar-refractivity contribution < 1.29 is 13.2 Å². The first-order chi connectivity index (χ1) is 14.8. The lowest BCUT2D eigenvalue weighted by Gasteiger charge is -2.23. The molecular weight excluding hydrogens is 410 g/mol. The topological polar surface area (TPSA) is 78.8 Å². The second kappa shape index (κ2) is 9.57. The minimum absolute atomic E-state index is 0.114. The van der Waals surface area contributed by atoms with Crippen molar-refractivity contribution in [1.29, 1.82) is 0 Å². The Morgan fingerprint density at radius 3 is 2.00 bits per heavy atom. The van der Waals surface area contributed by atoms with Gasteiger partial charge in [0.25, 0.3) is 15.9 Å². The van der Waals surface area contributed by atoms with E-state index in [1.165, 1.54) is 12.1 Å². The lowest BCUT2D eigenvalue weighted by molar-refractivity contribution is -0.119. The molecule has 0 bridgehead atoms. The number of amides is 1. The maximum Gasteiger partial charge on any atom is 0.264 e. The molecule has 0 heterocycles. The van der Waals surface area contributed by atoms with Gasteiger partial charge < -0.3 is 0 Å². The van der Waals surface area contributed by atoms with E-state index in [2.05, 4.69) is 10.5 Å². The highest BCUT2D eigenvalue weighted by atomic mass is 32.2. The summed E-state index contributed by atoms with van der Waals surface area (Å²) in [5.41, 5.74) is 6.49. The number of nitrogens with one attached hydrogen (secondary N) is 1. The summed E-state index contributed by atoms with van der Waals surface area (Å²) in [4.78, 5) is 12.8. The molecule has 0 spiro atoms. The molecule has 3 aromatic carbocycles. The zero-order chi connectivity index (χ0) is 22.4. The number of hydrogen-bond acceptors (Lipinski definition) is 4. The average Bonchev–Trinajstić information content (AvgIpc) is 2.77. The molecule has 0 aromatic heterocycles. The number of sulfonamides is 1. The Morgan fingerprint density at radius 2 is 1.42 bits per heavy atom. The highest BCUT2D eigenvalue weighted by Crippen LogP contribution is 2.23. The van der Waals surface area contributed by atoms with E-state index in [0.29, 0.717) is 11.4 Å². The van der Waals surface area contributed by atoms with Crippen molar-refractivity contribution in [3.8, 4) is 0 Å². The molecular formula is C24H25N3O3S. The molecule has 0 aliphatic carbocycles. The van der Waals surface area contributed by atoms with Crippen molar-refractivity contribution in [3.05, 3.63) is 95.6 Å². The zero-order valence-corrected chi connectivity index (χ0v) is 18.6. The number of hydrazone groups is 1. The van der Waals surface area contributed by atoms with Crippen LogP contribution in [-0.2, 0) is 14.8 Å². The third-order valence-electron chi connectivity index (χ3n) is 4.76. The van der Waals surface area contributed by atoms with Gasteiger partial charge in [0.05, 0.1) is 16.3 Å². The minimum Gasteiger partial charge on any atom is -0.271 e. The summed E-state index contributed by atoms with van der Waals surface area (Å²) < 4.78 is 27.6. The predicted molar refractivity (Wildman–Crippen MR) is 124 cm³/mol. The smallest absolute Gasteiger partial charge is 0.264 e. The van der Waals surface area contributed by atoms with Crippen LogP contribution in [-0.4, -0.2) is 26.6 Å². The number of benzene rings is 3. The molecule has 0 saturated heterocycles. The van der Waals surface area contributed by atoms with E-state index in [4.69, 9.17) is 0 Å². The van der Waals surface area contributed by atoms with Gasteiger partial charge in [0.2, 0.25) is 0 Å². The summed E-state index contributed by atoms with van der Waals surface area (Å²) in [6, 6.07) is 22.8. The molecule has 31 heavy (non-hydrogen) atoms. The largest absolute Gasteiger partial charge is 0.271 e. The summed E-state index contributed by atoms with van der Waals surface area (Å²) in [6.07, 6.45) is 0. The maximum absolute atomic E-state index is 13.3. The second-order valence-corrected chi connectivity index (χ2v) is 9.12. The Balaban J connectivity index is 1.84. The highest BCUT2D eigenvalue weighted by molar-refractivity contribution is 7.92. The Morgan fingerprint density at radius 1 is 0.871 bits per heavy atom. The van der Waals surface area contributed by atoms with E-state index in [1.54, 1.807) is 49.4 Å². The zero-order valence-electron chi connectivity index (χ0n) is 17.7. The molecule has 0 fully saturated rings. The van der Waals surface area contributed by atoms with Crippen molar-refractivity contribution >= 4 is 27.3 Å². The first kappa shape index (κ1) is 22.2. The second-order valence-electron chi connectivity index (χ2n) is 7.26. The lowest BCUT2D eigenvalue weighted by Crippen LogP contribution is -2.39. The summed E-state index contributed by atoms with van der Waals surface area (Å²) in [6.45, 7) is 5.29. The fourth-order valence-electron chi connectivity index (χ4n) is 2.92. The van der Waals surface area contributed by atoms with Gasteiger partial charge >= 0.3 is 0 Å². The maximum atomic E-state index is 13.3. The summed E-state index contributed by atoms with van der Waals surface area (Å²) in [5.74, 6) is -0.536. The Labute approximate surface area is 183 Å². The summed E-state index contributed by atoms with van der Waals surface area (Å²) in [5, 5.41) is 4.14. The van der Waals surface area contributed by atoms with E-state index < -0.39 is 22.5 Å². The molecule has 6 nitrogen and oxygen atoms in total. The average molecular weight is 436 g/mol. The van der Waals surface area contributed by atoms with Crippen LogP contribution in [0.3, 0.4) is 0 Å². The van der Waals surface area contributed by atoms with Crippen molar-refractivity contribution in [2.45, 2.75) is 25.7 Å². The molecule has 1 N–H and O–H groups in total. The molecule has 0 radical (unpaired) electrons. The number of aryl methyl sites for hydroxylation is 2. The molecule has 0 unspecified atom stereocenters. The lowest BCUT2D eigenvalue weighted by atomic mass is 10.1. The first-order valence-electron chi connectivity index (χ1n) is 9.82. The van der Waals surface area contributed by atoms with Gasteiger partial charge in [-0.2, -0.15) is 5.10 Å². The summed E-state index contributed by atoms with van der Waals surface area (Å²) in [7, 11) is -3.93. The van der Waals surface area contributed by atoms with E-state index in [9.17, 15) is 13.2 Å². The van der Waals surface area contributed by atoms with Gasteiger partial charge in [0, 0.05) is 0 Å². The molecule has 0 atom stereocenters. The van der Waals surface area contributed by atoms with Gasteiger partial charge in [0.15, 0.2) is 0 Å². The van der Waals surface area contributed by atoms with Crippen molar-refractivity contribution in [2.24, 2.45) is 5.10 Å². The van der Waals surface area contributed by atoms with Gasteiger partial charge in [0.1, 0.15) is 6.54 Å². The minimum atomic E-state index is -3.93. The fourth-order valence-corrected chi connectivity index (χ4v) is 4.36. The molecule has 0 saturated carbocycles. The quantitative estimate of drug-likeness (QED) is 0.449. The number of hydrogen-bond donors (Lipinski definition) is 1. The number of nitrogens with zero attached hydrogens (tertiary/aromatic N) is 2. The third kappa shape index (κ3) is 5.58. The third-order valence-corrected chi connectivity index (χ3v) is 6.55. The Kier molecular flexibility index (Phi) is 6.87. The number of carbonyl (C=O) groups is 1. The Bertz CT molecular complexity index is 1170.